The number of fused-ring (bicyclic) bond motifs is 4. The van der Waals surface area contributed by atoms with Crippen LogP contribution in [0.1, 0.15) is 9.16 Å². The minimum atomic E-state index is -2.55. The summed E-state index contributed by atoms with van der Waals surface area (Å²) >= 11 is 0. The second-order valence-electron chi connectivity index (χ2n) is 6.29. The normalized spacial score (nSPS) is 28.8. The Morgan fingerprint density at radius 2 is 2.00 bits per heavy atom. The lowest BCUT2D eigenvalue weighted by Crippen LogP contribution is -2.25. The number of aromatic nitrogens is 3. The van der Waals surface area contributed by atoms with Crippen LogP contribution in [0.4, 0.5) is 10.2 Å². The molecule has 1 aliphatic carbocycles. The highest BCUT2D eigenvalue weighted by molar-refractivity contribution is 5.79. The zero-order valence-corrected chi connectivity index (χ0v) is 12.0. The van der Waals surface area contributed by atoms with Crippen molar-refractivity contribution in [1.82, 2.24) is 14.4 Å². The molecule has 5 heteroatoms. The largest absolute Gasteiger partial charge is 0.356 e. The van der Waals surface area contributed by atoms with Crippen molar-refractivity contribution in [3.63, 3.8) is 0 Å². The summed E-state index contributed by atoms with van der Waals surface area (Å²) in [5.74, 6) is 2.55. The zero-order chi connectivity index (χ0) is 16.5. The van der Waals surface area contributed by atoms with Crippen molar-refractivity contribution in [2.75, 3.05) is 24.6 Å². The minimum Gasteiger partial charge on any atom is -0.356 e. The molecule has 3 heterocycles. The number of halogens is 1. The summed E-state index contributed by atoms with van der Waals surface area (Å²) in [4.78, 5) is 11.5. The van der Waals surface area contributed by atoms with E-state index in [-0.39, 0.29) is 12.3 Å². The first-order valence-corrected chi connectivity index (χ1v) is 7.67. The monoisotopic (exact) mass is 297 g/mol. The first-order chi connectivity index (χ1) is 11.5. The Morgan fingerprint density at radius 3 is 2.82 bits per heavy atom. The second-order valence-corrected chi connectivity index (χ2v) is 6.29. The van der Waals surface area contributed by atoms with E-state index in [4.69, 9.17) is 2.74 Å². The smallest absolute Gasteiger partial charge is 0.236 e. The SMILES string of the molecule is [2H]C([2H])([18F])CC1[C@H]2CN(c3ccn4c(n3)nc3ccccc34)C[C@@H]12. The average molecular weight is 297 g/mol. The summed E-state index contributed by atoms with van der Waals surface area (Å²) in [5.41, 5.74) is 1.97. The molecule has 1 aromatic carbocycles. The molecule has 2 aliphatic rings. The maximum absolute atomic E-state index is 13.2. The number of rotatable bonds is 3. The summed E-state index contributed by atoms with van der Waals surface area (Å²) in [6, 6.07) is 9.95. The van der Waals surface area contributed by atoms with Gasteiger partial charge in [0.15, 0.2) is 0 Å². The van der Waals surface area contributed by atoms with Crippen molar-refractivity contribution in [2.24, 2.45) is 17.8 Å². The zero-order valence-electron chi connectivity index (χ0n) is 14.0. The molecule has 1 unspecified atom stereocenters. The molecule has 112 valence electrons. The van der Waals surface area contributed by atoms with E-state index in [1.165, 1.54) is 0 Å². The number of imidazole rings is 1. The highest BCUT2D eigenvalue weighted by atomic mass is 18.2. The number of hydrogen-bond donors (Lipinski definition) is 0. The predicted octanol–water partition coefficient (Wildman–Crippen LogP) is 2.92. The van der Waals surface area contributed by atoms with Crippen LogP contribution in [0.5, 0.6) is 0 Å². The van der Waals surface area contributed by atoms with E-state index in [0.29, 0.717) is 17.6 Å². The molecule has 1 aliphatic heterocycles. The first-order valence-electron chi connectivity index (χ1n) is 8.67. The molecule has 3 atom stereocenters. The third-order valence-electron chi connectivity index (χ3n) is 5.17. The summed E-state index contributed by atoms with van der Waals surface area (Å²) in [7, 11) is 0. The molecule has 0 N–H and O–H groups in total. The first kappa shape index (κ1) is 10.5. The van der Waals surface area contributed by atoms with Gasteiger partial charge in [-0.2, -0.15) is 4.98 Å². The van der Waals surface area contributed by atoms with Gasteiger partial charge >= 0.3 is 0 Å². The topological polar surface area (TPSA) is 33.4 Å². The number of anilines is 1. The van der Waals surface area contributed by atoms with Crippen LogP contribution < -0.4 is 4.90 Å². The molecule has 0 bridgehead atoms. The molecule has 3 aromatic rings. The van der Waals surface area contributed by atoms with E-state index < -0.39 is 6.63 Å². The van der Waals surface area contributed by atoms with Gasteiger partial charge in [-0.15, -0.1) is 0 Å². The molecular weight excluding hydrogens is 278 g/mol. The predicted molar refractivity (Wildman–Crippen MR) is 83.8 cm³/mol. The quantitative estimate of drug-likeness (QED) is 0.745. The van der Waals surface area contributed by atoms with E-state index in [2.05, 4.69) is 14.9 Å². The van der Waals surface area contributed by atoms with Crippen molar-refractivity contribution in [2.45, 2.75) is 6.42 Å². The lowest BCUT2D eigenvalue weighted by atomic mass is 10.2. The molecule has 22 heavy (non-hydrogen) atoms. The van der Waals surface area contributed by atoms with Crippen LogP contribution in [0.2, 0.25) is 0 Å². The summed E-state index contributed by atoms with van der Waals surface area (Å²) in [5, 5.41) is 0. The molecule has 1 saturated carbocycles. The Morgan fingerprint density at radius 1 is 1.18 bits per heavy atom. The van der Waals surface area contributed by atoms with Crippen LogP contribution in [0.15, 0.2) is 36.5 Å². The summed E-state index contributed by atoms with van der Waals surface area (Å²) < 4.78 is 29.4. The van der Waals surface area contributed by atoms with Crippen LogP contribution in [0.3, 0.4) is 0 Å². The van der Waals surface area contributed by atoms with Gasteiger partial charge in [-0.25, -0.2) is 4.98 Å². The maximum atomic E-state index is 13.2. The third-order valence-corrected chi connectivity index (χ3v) is 5.17. The van der Waals surface area contributed by atoms with Crippen LogP contribution in [0.25, 0.3) is 16.8 Å². The molecule has 4 nitrogen and oxygen atoms in total. The Kier molecular flexibility index (Phi) is 2.11. The lowest BCUT2D eigenvalue weighted by Gasteiger charge is -2.20. The minimum absolute atomic E-state index is 0.0221. The van der Waals surface area contributed by atoms with E-state index in [9.17, 15) is 4.39 Å². The van der Waals surface area contributed by atoms with E-state index in [1.54, 1.807) is 0 Å². The fourth-order valence-corrected chi connectivity index (χ4v) is 3.94. The lowest BCUT2D eigenvalue weighted by molar-refractivity contribution is 0.431. The number of benzene rings is 1. The Hall–Kier alpha value is -2.17. The fraction of sp³-hybridized carbons (Fsp3) is 0.412. The highest BCUT2D eigenvalue weighted by Crippen LogP contribution is 2.54. The Labute approximate surface area is 130 Å². The number of alkyl halides is 1. The summed E-state index contributed by atoms with van der Waals surface area (Å²) in [6.45, 7) is -0.892. The van der Waals surface area contributed by atoms with Crippen molar-refractivity contribution < 1.29 is 7.13 Å². The van der Waals surface area contributed by atoms with Gasteiger partial charge in [-0.05, 0) is 42.4 Å². The van der Waals surface area contributed by atoms with Crippen LogP contribution in [-0.4, -0.2) is 34.1 Å². The van der Waals surface area contributed by atoms with Crippen molar-refractivity contribution in [3.05, 3.63) is 36.5 Å². The van der Waals surface area contributed by atoms with Crippen molar-refractivity contribution in [1.29, 1.82) is 0 Å². The van der Waals surface area contributed by atoms with E-state index in [1.807, 2.05) is 40.9 Å². The van der Waals surface area contributed by atoms with E-state index in [0.717, 1.165) is 29.9 Å². The van der Waals surface area contributed by atoms with Gasteiger partial charge in [0.2, 0.25) is 5.78 Å². The molecule has 0 radical (unpaired) electrons. The van der Waals surface area contributed by atoms with Gasteiger partial charge in [0, 0.05) is 19.3 Å². The van der Waals surface area contributed by atoms with E-state index >= 15 is 0 Å². The number of para-hydroxylation sites is 2. The molecule has 0 spiro atoms. The molecule has 2 aromatic heterocycles. The Bertz CT molecular complexity index is 923. The molecule has 2 fully saturated rings. The summed E-state index contributed by atoms with van der Waals surface area (Å²) in [6.07, 6.45) is 2.02. The second kappa shape index (κ2) is 4.41. The van der Waals surface area contributed by atoms with Crippen LogP contribution >= 0.6 is 0 Å². The van der Waals surface area contributed by atoms with Crippen LogP contribution in [-0.2, 0) is 0 Å². The van der Waals surface area contributed by atoms with Gasteiger partial charge in [-0.3, -0.25) is 8.79 Å². The van der Waals surface area contributed by atoms with Gasteiger partial charge in [0.1, 0.15) is 5.82 Å². The fourth-order valence-electron chi connectivity index (χ4n) is 3.94. The maximum Gasteiger partial charge on any atom is 0.236 e. The number of piperidine rings is 1. The molecule has 0 amide bonds. The number of hydrogen-bond acceptors (Lipinski definition) is 3. The van der Waals surface area contributed by atoms with Gasteiger partial charge < -0.3 is 4.90 Å². The third kappa shape index (κ3) is 1.68. The number of nitrogens with zero attached hydrogens (tertiary/aromatic N) is 4. The van der Waals surface area contributed by atoms with Crippen molar-refractivity contribution >= 4 is 22.6 Å². The van der Waals surface area contributed by atoms with Crippen LogP contribution in [0, 0.1) is 17.8 Å². The average Bonchev–Trinajstić information content (AvgIpc) is 2.93. The van der Waals surface area contributed by atoms with Gasteiger partial charge in [0.25, 0.3) is 0 Å². The molecule has 1 saturated heterocycles. The van der Waals surface area contributed by atoms with Gasteiger partial charge in [0.05, 0.1) is 20.4 Å². The Balaban J connectivity index is 1.38. The molecular formula is C17H17FN4. The highest BCUT2D eigenvalue weighted by Gasteiger charge is 2.55. The standard InChI is InChI=1S/C17H17FN4/c18-7-5-11-12-9-21(10-13(11)12)16-6-8-22-15-4-2-1-3-14(15)19-17(22)20-16/h1-4,6,8,11-13H,5,7,9-10H2/t11?,12-,13+/i7D2,18-1. The van der Waals surface area contributed by atoms with Gasteiger partial charge in [-0.1, -0.05) is 12.1 Å². The van der Waals surface area contributed by atoms with Crippen molar-refractivity contribution in [3.8, 4) is 0 Å². The molecule has 5 rings (SSSR count).